The van der Waals surface area contributed by atoms with Crippen LogP contribution in [0.3, 0.4) is 0 Å². The van der Waals surface area contributed by atoms with Gasteiger partial charge in [-0.1, -0.05) is 19.1 Å². The van der Waals surface area contributed by atoms with Gasteiger partial charge in [-0.05, 0) is 62.6 Å². The van der Waals surface area contributed by atoms with Crippen LogP contribution in [0.25, 0.3) is 0 Å². The van der Waals surface area contributed by atoms with E-state index in [-0.39, 0.29) is 29.2 Å². The largest absolute Gasteiger partial charge is 0.433 e. The number of pyridine rings is 3. The highest BCUT2D eigenvalue weighted by Gasteiger charge is 2.40. The summed E-state index contributed by atoms with van der Waals surface area (Å²) >= 11 is 0. The predicted molar refractivity (Wildman–Crippen MR) is 135 cm³/mol. The number of anilines is 2. The average molecular weight is 549 g/mol. The summed E-state index contributed by atoms with van der Waals surface area (Å²) in [6.45, 7) is 6.76. The molecule has 1 saturated heterocycles. The molecule has 0 bridgehead atoms. The molecule has 13 heteroatoms. The number of sulfonamides is 1. The third-order valence-corrected chi connectivity index (χ3v) is 7.98. The number of carbonyl (C=O) groups excluding carboxylic acids is 1. The summed E-state index contributed by atoms with van der Waals surface area (Å²) in [5.74, 6) is -0.0348. The van der Waals surface area contributed by atoms with E-state index in [4.69, 9.17) is 0 Å². The van der Waals surface area contributed by atoms with Crippen molar-refractivity contribution in [2.45, 2.75) is 50.5 Å². The van der Waals surface area contributed by atoms with E-state index in [0.717, 1.165) is 12.5 Å². The Hall–Kier alpha value is -3.74. The third-order valence-electron chi connectivity index (χ3n) is 6.75. The van der Waals surface area contributed by atoms with E-state index in [2.05, 4.69) is 45.8 Å². The van der Waals surface area contributed by atoms with E-state index in [9.17, 15) is 26.4 Å². The molecule has 38 heavy (non-hydrogen) atoms. The number of aromatic nitrogens is 3. The molecule has 0 saturated carbocycles. The van der Waals surface area contributed by atoms with Gasteiger partial charge in [0.2, 0.25) is 0 Å². The minimum Gasteiger partial charge on any atom is -0.364 e. The topological polar surface area (TPSA) is 117 Å². The van der Waals surface area contributed by atoms with Crippen LogP contribution < -0.4 is 14.9 Å². The molecule has 0 aromatic carbocycles. The molecule has 0 aliphatic carbocycles. The van der Waals surface area contributed by atoms with Crippen molar-refractivity contribution in [3.05, 3.63) is 71.7 Å². The van der Waals surface area contributed by atoms with Crippen LogP contribution in [0.1, 0.15) is 48.9 Å². The lowest BCUT2D eigenvalue weighted by molar-refractivity contribution is -0.141. The molecule has 1 aliphatic heterocycles. The van der Waals surface area contributed by atoms with Gasteiger partial charge in [0, 0.05) is 18.3 Å². The second-order valence-corrected chi connectivity index (χ2v) is 11.2. The van der Waals surface area contributed by atoms with Crippen LogP contribution in [0, 0.1) is 5.92 Å². The van der Waals surface area contributed by atoms with Gasteiger partial charge in [0.1, 0.15) is 17.3 Å². The highest BCUT2D eigenvalue weighted by molar-refractivity contribution is 7.90. The van der Waals surface area contributed by atoms with Crippen molar-refractivity contribution >= 4 is 27.6 Å². The highest BCUT2D eigenvalue weighted by Crippen LogP contribution is 2.38. The summed E-state index contributed by atoms with van der Waals surface area (Å²) in [6.07, 6.45) is -2.13. The van der Waals surface area contributed by atoms with Gasteiger partial charge in [-0.15, -0.1) is 0 Å². The van der Waals surface area contributed by atoms with Crippen molar-refractivity contribution in [3.8, 4) is 0 Å². The van der Waals surface area contributed by atoms with Gasteiger partial charge in [0.25, 0.3) is 15.9 Å². The molecule has 9 nitrogen and oxygen atoms in total. The third kappa shape index (κ3) is 5.72. The molecular weight excluding hydrogens is 521 g/mol. The Morgan fingerprint density at radius 2 is 1.84 bits per heavy atom. The van der Waals surface area contributed by atoms with Crippen LogP contribution in [0.2, 0.25) is 0 Å². The van der Waals surface area contributed by atoms with Crippen LogP contribution in [-0.4, -0.2) is 41.4 Å². The van der Waals surface area contributed by atoms with Gasteiger partial charge in [0.15, 0.2) is 5.03 Å². The van der Waals surface area contributed by atoms with Gasteiger partial charge < -0.3 is 10.2 Å². The number of amides is 1. The second kappa shape index (κ2) is 10.2. The van der Waals surface area contributed by atoms with Gasteiger partial charge in [-0.25, -0.2) is 19.7 Å². The molecule has 1 aliphatic rings. The zero-order valence-corrected chi connectivity index (χ0v) is 21.8. The van der Waals surface area contributed by atoms with Crippen molar-refractivity contribution in [1.82, 2.24) is 19.7 Å². The fourth-order valence-electron chi connectivity index (χ4n) is 4.21. The lowest BCUT2D eigenvalue weighted by Crippen LogP contribution is -2.43. The molecule has 1 unspecified atom stereocenters. The lowest BCUT2D eigenvalue weighted by Gasteiger charge is -2.36. The normalized spacial score (nSPS) is 17.3. The smallest absolute Gasteiger partial charge is 0.364 e. The Kier molecular flexibility index (Phi) is 7.33. The molecule has 202 valence electrons. The molecule has 3 aromatic heterocycles. The Balaban J connectivity index is 1.51. The van der Waals surface area contributed by atoms with Gasteiger partial charge >= 0.3 is 6.18 Å². The molecule has 3 aromatic rings. The Labute approximate surface area is 218 Å². The van der Waals surface area contributed by atoms with E-state index in [1.807, 2.05) is 4.90 Å². The molecule has 0 radical (unpaired) electrons. The predicted octanol–water partition coefficient (Wildman–Crippen LogP) is 4.25. The van der Waals surface area contributed by atoms with E-state index >= 15 is 0 Å². The summed E-state index contributed by atoms with van der Waals surface area (Å²) in [5.41, 5.74) is -1.11. The fourth-order valence-corrected chi connectivity index (χ4v) is 5.14. The first-order valence-electron chi connectivity index (χ1n) is 11.8. The number of alkyl halides is 3. The first-order valence-corrected chi connectivity index (χ1v) is 13.3. The van der Waals surface area contributed by atoms with Crippen LogP contribution >= 0.6 is 0 Å². The first kappa shape index (κ1) is 27.3. The zero-order chi connectivity index (χ0) is 27.7. The minimum atomic E-state index is -4.59. The molecule has 1 fully saturated rings. The lowest BCUT2D eigenvalue weighted by atomic mass is 9.90. The highest BCUT2D eigenvalue weighted by atomic mass is 32.2. The molecule has 1 amide bonds. The fraction of sp³-hybridized carbons (Fsp3) is 0.360. The minimum absolute atomic E-state index is 0.0782. The molecule has 4 heterocycles. The monoisotopic (exact) mass is 548 g/mol. The molecule has 0 spiro atoms. The van der Waals surface area contributed by atoms with Crippen molar-refractivity contribution < 1.29 is 26.4 Å². The number of nitrogens with zero attached hydrogens (tertiary/aromatic N) is 4. The maximum Gasteiger partial charge on any atom is 0.433 e. The summed E-state index contributed by atoms with van der Waals surface area (Å²) in [7, 11) is -4.38. The molecule has 2 N–H and O–H groups in total. The summed E-state index contributed by atoms with van der Waals surface area (Å²) in [4.78, 5) is 27.1. The average Bonchev–Trinajstić information content (AvgIpc) is 3.14. The molecule has 1 atom stereocenters. The Bertz CT molecular complexity index is 1450. The number of hydrogen-bond donors (Lipinski definition) is 2. The van der Waals surface area contributed by atoms with Crippen molar-refractivity contribution in [1.29, 1.82) is 0 Å². The van der Waals surface area contributed by atoms with Gasteiger partial charge in [-0.3, -0.25) is 4.79 Å². The number of rotatable bonds is 7. The van der Waals surface area contributed by atoms with Gasteiger partial charge in [0.05, 0.1) is 17.8 Å². The zero-order valence-electron chi connectivity index (χ0n) is 21.0. The van der Waals surface area contributed by atoms with Crippen LogP contribution in [0.15, 0.2) is 59.8 Å². The number of carbonyl (C=O) groups is 1. The molecular formula is C25H27F3N6O3S. The standard InChI is InChI=1S/C25H27F3N6O3S/c1-16-12-14-34(24(16,2)3)22-18(8-6-13-29-22)23(35)33-38(36,37)21-11-5-10-20(32-21)30-15-17-7-4-9-19(31-17)25(26,27)28/h4-11,13,16H,12,14-15H2,1-3H3,(H,30,32)(H,33,35). The molecule has 4 rings (SSSR count). The Morgan fingerprint density at radius 1 is 1.11 bits per heavy atom. The summed E-state index contributed by atoms with van der Waals surface area (Å²) in [6, 6.07) is 10.6. The van der Waals surface area contributed by atoms with Crippen molar-refractivity contribution in [2.75, 3.05) is 16.8 Å². The first-order chi connectivity index (χ1) is 17.8. The summed E-state index contributed by atoms with van der Waals surface area (Å²) < 4.78 is 66.8. The Morgan fingerprint density at radius 3 is 2.53 bits per heavy atom. The van der Waals surface area contributed by atoms with E-state index in [0.29, 0.717) is 18.3 Å². The SMILES string of the molecule is CC1CCN(c2ncccc2C(=O)NS(=O)(=O)c2cccc(NCc3cccc(C(F)(F)F)n3)n2)C1(C)C. The van der Waals surface area contributed by atoms with Crippen LogP contribution in [0.4, 0.5) is 24.8 Å². The quantitative estimate of drug-likeness (QED) is 0.450. The number of nitrogens with one attached hydrogen (secondary N) is 2. The maximum atomic E-state index is 13.1. The van der Waals surface area contributed by atoms with Crippen molar-refractivity contribution in [3.63, 3.8) is 0 Å². The summed E-state index contributed by atoms with van der Waals surface area (Å²) in [5, 5.41) is 2.33. The second-order valence-electron chi connectivity index (χ2n) is 9.53. The van der Waals surface area contributed by atoms with Crippen LogP contribution in [0.5, 0.6) is 0 Å². The van der Waals surface area contributed by atoms with E-state index in [1.54, 1.807) is 12.3 Å². The van der Waals surface area contributed by atoms with Crippen LogP contribution in [-0.2, 0) is 22.7 Å². The maximum absolute atomic E-state index is 13.1. The number of halogens is 3. The number of hydrogen-bond acceptors (Lipinski definition) is 8. The van der Waals surface area contributed by atoms with E-state index < -0.39 is 32.8 Å². The van der Waals surface area contributed by atoms with Gasteiger partial charge in [-0.2, -0.15) is 21.6 Å². The van der Waals surface area contributed by atoms with Crippen molar-refractivity contribution in [2.24, 2.45) is 5.92 Å². The van der Waals surface area contributed by atoms with E-state index in [1.165, 1.54) is 36.4 Å².